The lowest BCUT2D eigenvalue weighted by molar-refractivity contribution is 0.0692. The summed E-state index contributed by atoms with van der Waals surface area (Å²) in [5, 5.41) is 8.99. The zero-order valence-electron chi connectivity index (χ0n) is 10.9. The summed E-state index contributed by atoms with van der Waals surface area (Å²) >= 11 is 0. The minimum atomic E-state index is -4.04. The van der Waals surface area contributed by atoms with Crippen LogP contribution in [0.15, 0.2) is 23.1 Å². The van der Waals surface area contributed by atoms with E-state index in [0.717, 1.165) is 22.5 Å². The Morgan fingerprint density at radius 2 is 2.05 bits per heavy atom. The van der Waals surface area contributed by atoms with Gasteiger partial charge in [-0.3, -0.25) is 0 Å². The molecule has 0 aliphatic heterocycles. The Kier molecular flexibility index (Phi) is 4.65. The van der Waals surface area contributed by atoms with Crippen molar-refractivity contribution in [1.29, 1.82) is 0 Å². The standard InChI is InChI=1S/C12H16FNO4S/c1-4-8(2)14(3)19(17,18)11-7-9(13)5-6-10(11)12(15)16/h5-8H,4H2,1-3H3,(H,15,16). The van der Waals surface area contributed by atoms with Crippen molar-refractivity contribution in [2.24, 2.45) is 0 Å². The van der Waals surface area contributed by atoms with Crippen LogP contribution in [0.4, 0.5) is 4.39 Å². The van der Waals surface area contributed by atoms with Crippen molar-refractivity contribution in [3.05, 3.63) is 29.6 Å². The first kappa shape index (κ1) is 15.6. The number of rotatable bonds is 5. The van der Waals surface area contributed by atoms with Crippen molar-refractivity contribution in [3.8, 4) is 0 Å². The van der Waals surface area contributed by atoms with E-state index in [2.05, 4.69) is 0 Å². The zero-order chi connectivity index (χ0) is 14.8. The monoisotopic (exact) mass is 289 g/mol. The Balaban J connectivity index is 3.43. The summed E-state index contributed by atoms with van der Waals surface area (Å²) in [5.41, 5.74) is -0.434. The Morgan fingerprint density at radius 3 is 2.53 bits per heavy atom. The molecule has 0 radical (unpaired) electrons. The van der Waals surface area contributed by atoms with Crippen molar-refractivity contribution in [1.82, 2.24) is 4.31 Å². The number of benzene rings is 1. The second kappa shape index (κ2) is 5.66. The molecule has 1 aromatic rings. The molecule has 5 nitrogen and oxygen atoms in total. The van der Waals surface area contributed by atoms with E-state index < -0.39 is 32.3 Å². The average Bonchev–Trinajstić information content (AvgIpc) is 2.36. The molecule has 0 aromatic heterocycles. The van der Waals surface area contributed by atoms with Gasteiger partial charge in [-0.25, -0.2) is 17.6 Å². The van der Waals surface area contributed by atoms with Crippen LogP contribution in [0.2, 0.25) is 0 Å². The van der Waals surface area contributed by atoms with Crippen LogP contribution in [-0.2, 0) is 10.0 Å². The number of hydrogen-bond acceptors (Lipinski definition) is 3. The predicted molar refractivity (Wildman–Crippen MR) is 68.1 cm³/mol. The first-order chi connectivity index (χ1) is 8.71. The van der Waals surface area contributed by atoms with E-state index in [1.54, 1.807) is 13.8 Å². The third-order valence-corrected chi connectivity index (χ3v) is 5.05. The number of sulfonamides is 1. The van der Waals surface area contributed by atoms with Gasteiger partial charge in [-0.15, -0.1) is 0 Å². The number of nitrogens with zero attached hydrogens (tertiary/aromatic N) is 1. The first-order valence-electron chi connectivity index (χ1n) is 5.72. The van der Waals surface area contributed by atoms with E-state index in [0.29, 0.717) is 6.42 Å². The Morgan fingerprint density at radius 1 is 1.47 bits per heavy atom. The zero-order valence-corrected chi connectivity index (χ0v) is 11.7. The molecule has 0 fully saturated rings. The van der Waals surface area contributed by atoms with Crippen LogP contribution in [0, 0.1) is 5.82 Å². The van der Waals surface area contributed by atoms with E-state index in [1.165, 1.54) is 7.05 Å². The van der Waals surface area contributed by atoms with Crippen LogP contribution >= 0.6 is 0 Å². The lowest BCUT2D eigenvalue weighted by atomic mass is 10.2. The van der Waals surface area contributed by atoms with Gasteiger partial charge in [0.05, 0.1) is 10.5 Å². The highest BCUT2D eigenvalue weighted by Gasteiger charge is 2.29. The van der Waals surface area contributed by atoms with Crippen LogP contribution < -0.4 is 0 Å². The topological polar surface area (TPSA) is 74.7 Å². The minimum absolute atomic E-state index is 0.310. The quantitative estimate of drug-likeness (QED) is 0.899. The lowest BCUT2D eigenvalue weighted by Gasteiger charge is -2.23. The maximum absolute atomic E-state index is 13.2. The molecule has 0 heterocycles. The largest absolute Gasteiger partial charge is 0.478 e. The van der Waals surface area contributed by atoms with E-state index in [4.69, 9.17) is 5.11 Å². The summed E-state index contributed by atoms with van der Waals surface area (Å²) in [7, 11) is -2.69. The molecule has 0 amide bonds. The van der Waals surface area contributed by atoms with Gasteiger partial charge < -0.3 is 5.11 Å². The van der Waals surface area contributed by atoms with Gasteiger partial charge in [0, 0.05) is 13.1 Å². The third kappa shape index (κ3) is 3.10. The Bertz CT molecular complexity index is 585. The summed E-state index contributed by atoms with van der Waals surface area (Å²) in [6, 6.07) is 2.30. The lowest BCUT2D eigenvalue weighted by Crippen LogP contribution is -2.35. The minimum Gasteiger partial charge on any atom is -0.478 e. The predicted octanol–water partition coefficient (Wildman–Crippen LogP) is 1.94. The van der Waals surface area contributed by atoms with Crippen molar-refractivity contribution in [2.75, 3.05) is 7.05 Å². The number of carboxylic acid groups (broad SMARTS) is 1. The molecular weight excluding hydrogens is 273 g/mol. The second-order valence-corrected chi connectivity index (χ2v) is 6.19. The van der Waals surface area contributed by atoms with Gasteiger partial charge in [-0.1, -0.05) is 6.92 Å². The van der Waals surface area contributed by atoms with Gasteiger partial charge in [0.15, 0.2) is 0 Å². The molecule has 0 spiro atoms. The summed E-state index contributed by atoms with van der Waals surface area (Å²) in [4.78, 5) is 10.5. The number of hydrogen-bond donors (Lipinski definition) is 1. The molecule has 1 rings (SSSR count). The van der Waals surface area contributed by atoms with Crippen molar-refractivity contribution < 1.29 is 22.7 Å². The van der Waals surface area contributed by atoms with Crippen LogP contribution in [0.1, 0.15) is 30.6 Å². The SMILES string of the molecule is CCC(C)N(C)S(=O)(=O)c1cc(F)ccc1C(=O)O. The maximum atomic E-state index is 13.2. The van der Waals surface area contributed by atoms with Gasteiger partial charge in [0.2, 0.25) is 10.0 Å². The Hall–Kier alpha value is -1.47. The fourth-order valence-electron chi connectivity index (χ4n) is 1.54. The molecule has 19 heavy (non-hydrogen) atoms. The van der Waals surface area contributed by atoms with Crippen molar-refractivity contribution in [2.45, 2.75) is 31.2 Å². The molecule has 0 aliphatic carbocycles. The van der Waals surface area contributed by atoms with Crippen molar-refractivity contribution >= 4 is 16.0 Å². The molecule has 1 unspecified atom stereocenters. The molecule has 0 saturated carbocycles. The Labute approximate surface area is 111 Å². The first-order valence-corrected chi connectivity index (χ1v) is 7.16. The van der Waals surface area contributed by atoms with Gasteiger partial charge in [-0.2, -0.15) is 4.31 Å². The van der Waals surface area contributed by atoms with E-state index in [-0.39, 0.29) is 6.04 Å². The molecule has 7 heteroatoms. The normalized spacial score (nSPS) is 13.5. The van der Waals surface area contributed by atoms with Crippen LogP contribution in [0.3, 0.4) is 0 Å². The molecule has 1 atom stereocenters. The number of halogens is 1. The highest BCUT2D eigenvalue weighted by Crippen LogP contribution is 2.23. The summed E-state index contributed by atoms with van der Waals surface area (Å²) < 4.78 is 38.9. The summed E-state index contributed by atoms with van der Waals surface area (Å²) in [6.07, 6.45) is 0.563. The van der Waals surface area contributed by atoms with Crippen LogP contribution in [0.25, 0.3) is 0 Å². The molecule has 1 N–H and O–H groups in total. The molecule has 0 saturated heterocycles. The van der Waals surface area contributed by atoms with Gasteiger partial charge in [0.1, 0.15) is 5.82 Å². The second-order valence-electron chi connectivity index (χ2n) is 4.22. The van der Waals surface area contributed by atoms with Gasteiger partial charge >= 0.3 is 5.97 Å². The van der Waals surface area contributed by atoms with Crippen molar-refractivity contribution in [3.63, 3.8) is 0 Å². The third-order valence-electron chi connectivity index (χ3n) is 3.04. The average molecular weight is 289 g/mol. The summed E-state index contributed by atoms with van der Waals surface area (Å²) in [6.45, 7) is 3.50. The smallest absolute Gasteiger partial charge is 0.337 e. The molecule has 0 aliphatic rings. The molecular formula is C12H16FNO4S. The van der Waals surface area contributed by atoms with E-state index in [1.807, 2.05) is 0 Å². The molecule has 0 bridgehead atoms. The van der Waals surface area contributed by atoms with Gasteiger partial charge in [0.25, 0.3) is 0 Å². The highest BCUT2D eigenvalue weighted by molar-refractivity contribution is 7.89. The number of carboxylic acids is 1. The van der Waals surface area contributed by atoms with Crippen LogP contribution in [0.5, 0.6) is 0 Å². The highest BCUT2D eigenvalue weighted by atomic mass is 32.2. The fraction of sp³-hybridized carbons (Fsp3) is 0.417. The molecule has 106 valence electrons. The maximum Gasteiger partial charge on any atom is 0.337 e. The van der Waals surface area contributed by atoms with E-state index >= 15 is 0 Å². The summed E-state index contributed by atoms with van der Waals surface area (Å²) in [5.74, 6) is -2.20. The number of carbonyl (C=O) groups is 1. The van der Waals surface area contributed by atoms with E-state index in [9.17, 15) is 17.6 Å². The van der Waals surface area contributed by atoms with Gasteiger partial charge in [-0.05, 0) is 31.5 Å². The fourth-order valence-corrected chi connectivity index (χ4v) is 3.16. The molecule has 1 aromatic carbocycles. The number of aromatic carboxylic acids is 1. The van der Waals surface area contributed by atoms with Crippen LogP contribution in [-0.4, -0.2) is 36.9 Å².